The standard InChI is InChI=1S/C18H15Cl2N5O2/c1-11-13(19)7-4-8-15(11)24-18-16(25(26)27)17(22-10-23-18)21-9-12-5-2-3-6-14(12)20/h2-8,10H,9H2,1H3,(H2,21,22,23,24). The minimum atomic E-state index is -0.531. The van der Waals surface area contributed by atoms with Gasteiger partial charge in [0.2, 0.25) is 11.6 Å². The minimum Gasteiger partial charge on any atom is -0.360 e. The Morgan fingerprint density at radius 2 is 1.74 bits per heavy atom. The lowest BCUT2D eigenvalue weighted by atomic mass is 10.2. The molecule has 0 fully saturated rings. The third-order valence-corrected chi connectivity index (χ3v) is 4.71. The average molecular weight is 404 g/mol. The van der Waals surface area contributed by atoms with Gasteiger partial charge in [-0.1, -0.05) is 47.5 Å². The van der Waals surface area contributed by atoms with E-state index in [1.54, 1.807) is 24.3 Å². The average Bonchev–Trinajstić information content (AvgIpc) is 2.64. The highest BCUT2D eigenvalue weighted by Gasteiger charge is 2.23. The molecule has 0 radical (unpaired) electrons. The van der Waals surface area contributed by atoms with Crippen LogP contribution in [-0.2, 0) is 6.54 Å². The number of nitro groups is 1. The van der Waals surface area contributed by atoms with Crippen LogP contribution in [0.1, 0.15) is 11.1 Å². The van der Waals surface area contributed by atoms with Gasteiger partial charge < -0.3 is 10.6 Å². The normalized spacial score (nSPS) is 10.5. The Hall–Kier alpha value is -2.90. The molecule has 138 valence electrons. The molecule has 0 aliphatic rings. The van der Waals surface area contributed by atoms with Gasteiger partial charge in [0.15, 0.2) is 0 Å². The number of halogens is 2. The summed E-state index contributed by atoms with van der Waals surface area (Å²) in [6.45, 7) is 2.10. The number of nitrogens with zero attached hydrogens (tertiary/aromatic N) is 3. The zero-order chi connectivity index (χ0) is 19.4. The second-order valence-electron chi connectivity index (χ2n) is 5.66. The Kier molecular flexibility index (Phi) is 5.73. The van der Waals surface area contributed by atoms with Crippen LogP contribution in [0.25, 0.3) is 0 Å². The predicted octanol–water partition coefficient (Wildman–Crippen LogP) is 5.36. The van der Waals surface area contributed by atoms with Crippen LogP contribution in [0.3, 0.4) is 0 Å². The summed E-state index contributed by atoms with van der Waals surface area (Å²) < 4.78 is 0. The van der Waals surface area contributed by atoms with Crippen molar-refractivity contribution in [3.05, 3.63) is 80.1 Å². The Labute approximate surface area is 165 Å². The summed E-state index contributed by atoms with van der Waals surface area (Å²) in [5.41, 5.74) is 1.93. The monoisotopic (exact) mass is 403 g/mol. The SMILES string of the molecule is Cc1c(Cl)cccc1Nc1ncnc(NCc2ccccc2Cl)c1[N+](=O)[O-]. The van der Waals surface area contributed by atoms with E-state index in [4.69, 9.17) is 23.2 Å². The van der Waals surface area contributed by atoms with Crippen molar-refractivity contribution in [3.63, 3.8) is 0 Å². The molecule has 0 unspecified atom stereocenters. The maximum absolute atomic E-state index is 11.7. The Balaban J connectivity index is 1.92. The molecule has 0 aliphatic carbocycles. The molecule has 3 aromatic rings. The first-order valence-corrected chi connectivity index (χ1v) is 8.71. The van der Waals surface area contributed by atoms with E-state index in [0.29, 0.717) is 15.7 Å². The van der Waals surface area contributed by atoms with E-state index >= 15 is 0 Å². The van der Waals surface area contributed by atoms with Crippen molar-refractivity contribution in [2.24, 2.45) is 0 Å². The van der Waals surface area contributed by atoms with Gasteiger partial charge in [0, 0.05) is 22.3 Å². The summed E-state index contributed by atoms with van der Waals surface area (Å²) in [7, 11) is 0. The van der Waals surface area contributed by atoms with E-state index in [9.17, 15) is 10.1 Å². The van der Waals surface area contributed by atoms with Crippen molar-refractivity contribution in [1.82, 2.24) is 9.97 Å². The molecule has 0 saturated heterocycles. The number of aromatic nitrogens is 2. The fourth-order valence-corrected chi connectivity index (χ4v) is 2.84. The zero-order valence-corrected chi connectivity index (χ0v) is 15.8. The molecular formula is C18H15Cl2N5O2. The molecule has 0 spiro atoms. The summed E-state index contributed by atoms with van der Waals surface area (Å²) in [5, 5.41) is 18.7. The number of anilines is 3. The fraction of sp³-hybridized carbons (Fsp3) is 0.111. The van der Waals surface area contributed by atoms with Gasteiger partial charge in [0.1, 0.15) is 6.33 Å². The Morgan fingerprint density at radius 3 is 2.48 bits per heavy atom. The fourth-order valence-electron chi connectivity index (χ4n) is 2.46. The molecule has 2 N–H and O–H groups in total. The molecular weight excluding hydrogens is 389 g/mol. The predicted molar refractivity (Wildman–Crippen MR) is 107 cm³/mol. The van der Waals surface area contributed by atoms with Gasteiger partial charge in [-0.15, -0.1) is 0 Å². The maximum Gasteiger partial charge on any atom is 0.353 e. The maximum atomic E-state index is 11.7. The molecule has 7 nitrogen and oxygen atoms in total. The molecule has 3 rings (SSSR count). The number of nitrogens with one attached hydrogen (secondary N) is 2. The first-order valence-electron chi connectivity index (χ1n) is 7.96. The number of hydrogen-bond acceptors (Lipinski definition) is 6. The molecule has 0 amide bonds. The lowest BCUT2D eigenvalue weighted by Crippen LogP contribution is -2.08. The van der Waals surface area contributed by atoms with Crippen LogP contribution < -0.4 is 10.6 Å². The smallest absolute Gasteiger partial charge is 0.353 e. The minimum absolute atomic E-state index is 0.0713. The van der Waals surface area contributed by atoms with Crippen molar-refractivity contribution in [2.75, 3.05) is 10.6 Å². The highest BCUT2D eigenvalue weighted by molar-refractivity contribution is 6.31. The van der Waals surface area contributed by atoms with Crippen molar-refractivity contribution in [3.8, 4) is 0 Å². The number of benzene rings is 2. The molecule has 1 heterocycles. The number of hydrogen-bond donors (Lipinski definition) is 2. The van der Waals surface area contributed by atoms with Crippen LogP contribution in [0.2, 0.25) is 10.0 Å². The van der Waals surface area contributed by atoms with Crippen LogP contribution in [0, 0.1) is 17.0 Å². The van der Waals surface area contributed by atoms with E-state index in [1.807, 2.05) is 25.1 Å². The van der Waals surface area contributed by atoms with Crippen LogP contribution in [-0.4, -0.2) is 14.9 Å². The van der Waals surface area contributed by atoms with E-state index in [2.05, 4.69) is 20.6 Å². The summed E-state index contributed by atoms with van der Waals surface area (Å²) >= 11 is 12.2. The Bertz CT molecular complexity index is 997. The van der Waals surface area contributed by atoms with Crippen LogP contribution in [0.5, 0.6) is 0 Å². The van der Waals surface area contributed by atoms with Gasteiger partial charge in [0.05, 0.1) is 4.92 Å². The molecule has 0 saturated carbocycles. The van der Waals surface area contributed by atoms with Crippen LogP contribution >= 0.6 is 23.2 Å². The molecule has 2 aromatic carbocycles. The summed E-state index contributed by atoms with van der Waals surface area (Å²) in [6, 6.07) is 12.5. The highest BCUT2D eigenvalue weighted by Crippen LogP contribution is 2.33. The van der Waals surface area contributed by atoms with E-state index in [1.165, 1.54) is 6.33 Å². The van der Waals surface area contributed by atoms with Crippen molar-refractivity contribution >= 4 is 46.2 Å². The van der Waals surface area contributed by atoms with Crippen LogP contribution in [0.4, 0.5) is 23.0 Å². The van der Waals surface area contributed by atoms with Crippen molar-refractivity contribution < 1.29 is 4.92 Å². The van der Waals surface area contributed by atoms with Gasteiger partial charge in [-0.3, -0.25) is 10.1 Å². The van der Waals surface area contributed by atoms with Gasteiger partial charge in [-0.05, 0) is 36.2 Å². The second-order valence-corrected chi connectivity index (χ2v) is 6.47. The first-order chi connectivity index (χ1) is 13.0. The van der Waals surface area contributed by atoms with Crippen LogP contribution in [0.15, 0.2) is 48.8 Å². The topological polar surface area (TPSA) is 93.0 Å². The van der Waals surface area contributed by atoms with E-state index in [-0.39, 0.29) is 23.9 Å². The van der Waals surface area contributed by atoms with Gasteiger partial charge in [0.25, 0.3) is 0 Å². The lowest BCUT2D eigenvalue weighted by molar-refractivity contribution is -0.383. The number of rotatable bonds is 6. The van der Waals surface area contributed by atoms with E-state index in [0.717, 1.165) is 11.1 Å². The molecule has 0 bridgehead atoms. The largest absolute Gasteiger partial charge is 0.360 e. The molecule has 0 atom stereocenters. The second kappa shape index (κ2) is 8.20. The van der Waals surface area contributed by atoms with Crippen molar-refractivity contribution in [2.45, 2.75) is 13.5 Å². The zero-order valence-electron chi connectivity index (χ0n) is 14.2. The Morgan fingerprint density at radius 1 is 1.04 bits per heavy atom. The van der Waals surface area contributed by atoms with E-state index < -0.39 is 4.92 Å². The van der Waals surface area contributed by atoms with Crippen molar-refractivity contribution in [1.29, 1.82) is 0 Å². The molecule has 1 aromatic heterocycles. The quantitative estimate of drug-likeness (QED) is 0.425. The van der Waals surface area contributed by atoms with Gasteiger partial charge in [-0.2, -0.15) is 0 Å². The third kappa shape index (κ3) is 4.27. The summed E-state index contributed by atoms with van der Waals surface area (Å²) in [6.07, 6.45) is 1.25. The molecule has 0 aliphatic heterocycles. The first kappa shape index (κ1) is 18.9. The van der Waals surface area contributed by atoms with Gasteiger partial charge in [-0.25, -0.2) is 9.97 Å². The lowest BCUT2D eigenvalue weighted by Gasteiger charge is -2.12. The summed E-state index contributed by atoms with van der Waals surface area (Å²) in [4.78, 5) is 19.2. The summed E-state index contributed by atoms with van der Waals surface area (Å²) in [5.74, 6) is 0.166. The third-order valence-electron chi connectivity index (χ3n) is 3.93. The molecule has 9 heteroatoms. The molecule has 27 heavy (non-hydrogen) atoms. The van der Waals surface area contributed by atoms with Gasteiger partial charge >= 0.3 is 5.69 Å². The highest BCUT2D eigenvalue weighted by atomic mass is 35.5.